The average Bonchev–Trinajstić information content (AvgIpc) is 2.88. The number of rotatable bonds is 6. The van der Waals surface area contributed by atoms with E-state index >= 15 is 0 Å². The van der Waals surface area contributed by atoms with E-state index in [-0.39, 0.29) is 37.2 Å². The van der Waals surface area contributed by atoms with Crippen molar-refractivity contribution < 1.29 is 18.3 Å². The third-order valence-electron chi connectivity index (χ3n) is 4.31. The van der Waals surface area contributed by atoms with E-state index in [2.05, 4.69) is 0 Å². The van der Waals surface area contributed by atoms with Gasteiger partial charge >= 0.3 is 0 Å². The summed E-state index contributed by atoms with van der Waals surface area (Å²) in [6.07, 6.45) is -0.0818. The van der Waals surface area contributed by atoms with Crippen LogP contribution in [0, 0.1) is 5.92 Å². The van der Waals surface area contributed by atoms with Crippen molar-refractivity contribution in [3.8, 4) is 0 Å². The molecule has 1 aliphatic heterocycles. The number of hydrogen-bond acceptors (Lipinski definition) is 5. The smallest absolute Gasteiger partial charge is 0.253 e. The minimum absolute atomic E-state index is 0. The molecule has 0 saturated carbocycles. The molecule has 25 heavy (non-hydrogen) atoms. The number of amides is 1. The molecule has 3 N–H and O–H groups in total. The Kier molecular flexibility index (Phi) is 7.83. The lowest BCUT2D eigenvalue weighted by atomic mass is 10.1. The molecule has 0 radical (unpaired) electrons. The van der Waals surface area contributed by atoms with Crippen molar-refractivity contribution in [3.05, 3.63) is 35.4 Å². The number of halogens is 1. The van der Waals surface area contributed by atoms with Gasteiger partial charge in [-0.1, -0.05) is 12.1 Å². The van der Waals surface area contributed by atoms with Gasteiger partial charge in [0.15, 0.2) is 0 Å². The lowest BCUT2D eigenvalue weighted by Crippen LogP contribution is -2.33. The minimum Gasteiger partial charge on any atom is -0.391 e. The Morgan fingerprint density at radius 2 is 1.88 bits per heavy atom. The van der Waals surface area contributed by atoms with Gasteiger partial charge in [-0.05, 0) is 30.7 Å². The molecule has 1 saturated heterocycles. The largest absolute Gasteiger partial charge is 0.391 e. The van der Waals surface area contributed by atoms with Crippen LogP contribution < -0.4 is 5.73 Å². The molecule has 0 aliphatic carbocycles. The Morgan fingerprint density at radius 3 is 2.40 bits per heavy atom. The average molecular weight is 392 g/mol. The first-order valence-electron chi connectivity index (χ1n) is 7.91. The molecule has 0 spiro atoms. The van der Waals surface area contributed by atoms with Gasteiger partial charge in [0.05, 0.1) is 11.9 Å². The molecular weight excluding hydrogens is 366 g/mol. The second-order valence-electron chi connectivity index (χ2n) is 6.33. The van der Waals surface area contributed by atoms with Gasteiger partial charge in [-0.15, -0.1) is 12.4 Å². The van der Waals surface area contributed by atoms with Crippen molar-refractivity contribution in [2.75, 3.05) is 39.5 Å². The van der Waals surface area contributed by atoms with Gasteiger partial charge in [-0.3, -0.25) is 4.79 Å². The van der Waals surface area contributed by atoms with Crippen LogP contribution in [-0.2, 0) is 16.4 Å². The van der Waals surface area contributed by atoms with Crippen LogP contribution in [0.5, 0.6) is 0 Å². The third-order valence-corrected chi connectivity index (χ3v) is 6.27. The number of nitrogens with zero attached hydrogens (tertiary/aromatic N) is 2. The summed E-state index contributed by atoms with van der Waals surface area (Å²) in [7, 11) is -0.495. The number of carbonyl (C=O) groups is 1. The molecule has 1 heterocycles. The van der Waals surface area contributed by atoms with E-state index in [1.807, 2.05) is 12.1 Å². The quantitative estimate of drug-likeness (QED) is 0.706. The first kappa shape index (κ1) is 21.9. The fourth-order valence-electron chi connectivity index (χ4n) is 2.77. The second-order valence-corrected chi connectivity index (χ2v) is 8.56. The zero-order valence-corrected chi connectivity index (χ0v) is 16.1. The van der Waals surface area contributed by atoms with Gasteiger partial charge in [-0.2, -0.15) is 0 Å². The molecule has 142 valence electrons. The molecule has 2 atom stereocenters. The number of aliphatic hydroxyl groups excluding tert-OH is 1. The molecule has 9 heteroatoms. The van der Waals surface area contributed by atoms with Crippen molar-refractivity contribution in [2.24, 2.45) is 11.7 Å². The predicted molar refractivity (Wildman–Crippen MR) is 99.3 cm³/mol. The highest BCUT2D eigenvalue weighted by Crippen LogP contribution is 2.22. The van der Waals surface area contributed by atoms with Crippen molar-refractivity contribution >= 4 is 28.3 Å². The molecule has 1 amide bonds. The first-order valence-corrected chi connectivity index (χ1v) is 9.52. The van der Waals surface area contributed by atoms with Crippen LogP contribution >= 0.6 is 12.4 Å². The van der Waals surface area contributed by atoms with E-state index in [1.165, 1.54) is 19.0 Å². The van der Waals surface area contributed by atoms with E-state index in [9.17, 15) is 18.3 Å². The van der Waals surface area contributed by atoms with Gasteiger partial charge in [-0.25, -0.2) is 12.7 Å². The number of likely N-dealkylation sites (tertiary alicyclic amines) is 1. The Hall–Kier alpha value is -1.19. The van der Waals surface area contributed by atoms with Crippen LogP contribution in [0.25, 0.3) is 0 Å². The standard InChI is InChI=1S/C16H25N3O4S.ClH/c1-18(2)24(22,23)11-14-9-19(10-15(14)20)16(21)13-5-3-12(4-6-13)7-8-17;/h3-6,14-15,20H,7-11,17H2,1-2H3;1H/t14-,15+;/m0./s1. The Morgan fingerprint density at radius 1 is 1.28 bits per heavy atom. The molecule has 0 unspecified atom stereocenters. The van der Waals surface area contributed by atoms with Crippen molar-refractivity contribution in [1.82, 2.24) is 9.21 Å². The third kappa shape index (κ3) is 5.39. The zero-order valence-electron chi connectivity index (χ0n) is 14.5. The SMILES string of the molecule is CN(C)S(=O)(=O)C[C@@H]1CN(C(=O)c2ccc(CCN)cc2)C[C@H]1O.Cl. The molecule has 1 aromatic rings. The van der Waals surface area contributed by atoms with Crippen molar-refractivity contribution in [2.45, 2.75) is 12.5 Å². The lowest BCUT2D eigenvalue weighted by Gasteiger charge is -2.18. The molecule has 0 aromatic heterocycles. The van der Waals surface area contributed by atoms with Crippen molar-refractivity contribution in [1.29, 1.82) is 0 Å². The summed E-state index contributed by atoms with van der Waals surface area (Å²) in [6, 6.07) is 7.20. The molecule has 2 rings (SSSR count). The summed E-state index contributed by atoms with van der Waals surface area (Å²) in [5.74, 6) is -0.837. The molecule has 0 bridgehead atoms. The highest BCUT2D eigenvalue weighted by Gasteiger charge is 2.37. The van der Waals surface area contributed by atoms with E-state index < -0.39 is 22.0 Å². The normalized spacial score (nSPS) is 20.6. The molecule has 1 fully saturated rings. The first-order chi connectivity index (χ1) is 11.2. The van der Waals surface area contributed by atoms with E-state index in [0.717, 1.165) is 16.3 Å². The molecule has 7 nitrogen and oxygen atoms in total. The van der Waals surface area contributed by atoms with Gasteiger partial charge in [0.2, 0.25) is 10.0 Å². The monoisotopic (exact) mass is 391 g/mol. The zero-order chi connectivity index (χ0) is 17.9. The van der Waals surface area contributed by atoms with Gasteiger partial charge < -0.3 is 15.7 Å². The number of sulfonamides is 1. The highest BCUT2D eigenvalue weighted by atomic mass is 35.5. The summed E-state index contributed by atoms with van der Waals surface area (Å²) in [5, 5.41) is 10.1. The maximum Gasteiger partial charge on any atom is 0.253 e. The van der Waals surface area contributed by atoms with Gasteiger partial charge in [0.25, 0.3) is 5.91 Å². The highest BCUT2D eigenvalue weighted by molar-refractivity contribution is 7.89. The van der Waals surface area contributed by atoms with Crippen LogP contribution in [0.3, 0.4) is 0 Å². The van der Waals surface area contributed by atoms with Crippen LogP contribution in [-0.4, -0.2) is 74.2 Å². The molecule has 1 aromatic carbocycles. The van der Waals surface area contributed by atoms with E-state index in [0.29, 0.717) is 12.1 Å². The van der Waals surface area contributed by atoms with Gasteiger partial charge in [0, 0.05) is 38.7 Å². The molecular formula is C16H26ClN3O4S. The molecule has 1 aliphatic rings. The number of nitrogens with two attached hydrogens (primary N) is 1. The van der Waals surface area contributed by atoms with E-state index in [4.69, 9.17) is 5.73 Å². The summed E-state index contributed by atoms with van der Waals surface area (Å²) in [4.78, 5) is 14.0. The van der Waals surface area contributed by atoms with E-state index in [1.54, 1.807) is 12.1 Å². The Balaban J connectivity index is 0.00000312. The van der Waals surface area contributed by atoms with Crippen molar-refractivity contribution in [3.63, 3.8) is 0 Å². The fourth-order valence-corrected chi connectivity index (χ4v) is 3.93. The maximum atomic E-state index is 12.5. The minimum atomic E-state index is -3.42. The predicted octanol–water partition coefficient (Wildman–Crippen LogP) is -0.0661. The number of β-amino-alcohol motifs (C(OH)–C–C–N with tert-alkyl or cyclic N) is 1. The topological polar surface area (TPSA) is 104 Å². The Labute approximate surface area is 155 Å². The van der Waals surface area contributed by atoms with Crippen LogP contribution in [0.2, 0.25) is 0 Å². The number of aliphatic hydroxyl groups is 1. The second kappa shape index (κ2) is 8.95. The van der Waals surface area contributed by atoms with Crippen LogP contribution in [0.4, 0.5) is 0 Å². The summed E-state index contributed by atoms with van der Waals surface area (Å²) >= 11 is 0. The number of hydrogen-bond donors (Lipinski definition) is 2. The summed E-state index contributed by atoms with van der Waals surface area (Å²) in [5.41, 5.74) is 7.09. The van der Waals surface area contributed by atoms with Crippen LogP contribution in [0.15, 0.2) is 24.3 Å². The fraction of sp³-hybridized carbons (Fsp3) is 0.562. The summed E-state index contributed by atoms with van der Waals surface area (Å²) in [6.45, 7) is 0.933. The van der Waals surface area contributed by atoms with Gasteiger partial charge in [0.1, 0.15) is 0 Å². The number of carbonyl (C=O) groups excluding carboxylic acids is 1. The lowest BCUT2D eigenvalue weighted by molar-refractivity contribution is 0.0764. The Bertz CT molecular complexity index is 679. The summed E-state index contributed by atoms with van der Waals surface area (Å²) < 4.78 is 25.1. The number of benzene rings is 1. The van der Waals surface area contributed by atoms with Crippen LogP contribution in [0.1, 0.15) is 15.9 Å². The maximum absolute atomic E-state index is 12.5.